The van der Waals surface area contributed by atoms with E-state index in [9.17, 15) is 0 Å². The smallest absolute Gasteiger partial charge is 0.218 e. The molecular weight excluding hydrogens is 366 g/mol. The van der Waals surface area contributed by atoms with Gasteiger partial charge < -0.3 is 4.57 Å². The van der Waals surface area contributed by atoms with Crippen molar-refractivity contribution in [2.45, 2.75) is 27.7 Å². The highest BCUT2D eigenvalue weighted by molar-refractivity contribution is 5.83. The Bertz CT molecular complexity index is 1440. The molecule has 0 aliphatic carbocycles. The average Bonchev–Trinajstić information content (AvgIpc) is 3.06. The van der Waals surface area contributed by atoms with Crippen molar-refractivity contribution in [1.29, 1.82) is 0 Å². The summed E-state index contributed by atoms with van der Waals surface area (Å²) in [6, 6.07) is 23.6. The number of fused-ring (bicyclic) bond motifs is 2. The monoisotopic (exact) mass is 392 g/mol. The van der Waals surface area contributed by atoms with Crippen molar-refractivity contribution in [3.8, 4) is 17.1 Å². The minimum absolute atomic E-state index is 1.02. The quantitative estimate of drug-likeness (QED) is 0.343. The summed E-state index contributed by atoms with van der Waals surface area (Å²) in [6.45, 7) is 8.82. The predicted octanol–water partition coefficient (Wildman–Crippen LogP) is 5.90. The molecule has 0 amide bonds. The summed E-state index contributed by atoms with van der Waals surface area (Å²) in [5, 5.41) is 1.24. The van der Waals surface area contributed by atoms with Crippen LogP contribution in [0.2, 0.25) is 0 Å². The first-order valence-corrected chi connectivity index (χ1v) is 10.4. The summed E-state index contributed by atoms with van der Waals surface area (Å²) in [4.78, 5) is 5.01. The lowest BCUT2D eigenvalue weighted by Crippen LogP contribution is -2.37. The van der Waals surface area contributed by atoms with Crippen LogP contribution in [-0.2, 0) is 7.05 Å². The van der Waals surface area contributed by atoms with Gasteiger partial charge in [0, 0.05) is 48.2 Å². The summed E-state index contributed by atoms with van der Waals surface area (Å²) in [5.41, 5.74) is 10.9. The Labute approximate surface area is 177 Å². The van der Waals surface area contributed by atoms with Crippen molar-refractivity contribution in [3.63, 3.8) is 0 Å². The van der Waals surface area contributed by atoms with Crippen molar-refractivity contribution in [2.75, 3.05) is 0 Å². The fraction of sp³-hybridized carbons (Fsp3) is 0.185. The highest BCUT2D eigenvalue weighted by Gasteiger charge is 2.25. The molecule has 2 aromatic heterocycles. The molecule has 0 radical (unpaired) electrons. The van der Waals surface area contributed by atoms with Crippen LogP contribution in [0.25, 0.3) is 39.0 Å². The molecule has 0 aliphatic rings. The number of pyridine rings is 1. The maximum absolute atomic E-state index is 5.01. The van der Waals surface area contributed by atoms with Gasteiger partial charge in [-0.3, -0.25) is 0 Å². The number of aryl methyl sites for hydroxylation is 4. The minimum atomic E-state index is 1.02. The molecule has 0 N–H and O–H groups in total. The van der Waals surface area contributed by atoms with Crippen molar-refractivity contribution in [1.82, 2.24) is 9.55 Å². The van der Waals surface area contributed by atoms with E-state index in [1.54, 1.807) is 0 Å². The molecule has 0 spiro atoms. The molecule has 30 heavy (non-hydrogen) atoms. The molecule has 0 saturated carbocycles. The third-order valence-electron chi connectivity index (χ3n) is 6.20. The van der Waals surface area contributed by atoms with Crippen molar-refractivity contribution in [2.24, 2.45) is 7.05 Å². The van der Waals surface area contributed by atoms with Gasteiger partial charge in [-0.25, -0.2) is 4.98 Å². The summed E-state index contributed by atoms with van der Waals surface area (Å²) in [7, 11) is 2.11. The van der Waals surface area contributed by atoms with Crippen LogP contribution in [-0.4, -0.2) is 9.55 Å². The number of rotatable bonds is 2. The van der Waals surface area contributed by atoms with E-state index in [-0.39, 0.29) is 0 Å². The van der Waals surface area contributed by atoms with E-state index in [1.165, 1.54) is 44.5 Å². The molecule has 0 fully saturated rings. The summed E-state index contributed by atoms with van der Waals surface area (Å²) in [5.74, 6) is 1.02. The minimum Gasteiger partial charge on any atom is -0.327 e. The Morgan fingerprint density at radius 3 is 2.33 bits per heavy atom. The highest BCUT2D eigenvalue weighted by Crippen LogP contribution is 2.33. The SMILES string of the molecule is Cc1cc(C)c(-[n+]2c(C)ccc3ccccc32)c(C)c1-c1nc2ccccc2n1C. The van der Waals surface area contributed by atoms with Crippen molar-refractivity contribution in [3.05, 3.63) is 89.1 Å². The molecule has 5 aromatic rings. The second kappa shape index (κ2) is 6.81. The molecular formula is C27H26N3+. The van der Waals surface area contributed by atoms with E-state index in [1.807, 2.05) is 0 Å². The third kappa shape index (κ3) is 2.66. The first-order valence-electron chi connectivity index (χ1n) is 10.4. The lowest BCUT2D eigenvalue weighted by atomic mass is 9.95. The highest BCUT2D eigenvalue weighted by atomic mass is 15.1. The Morgan fingerprint density at radius 2 is 1.53 bits per heavy atom. The predicted molar refractivity (Wildman–Crippen MR) is 124 cm³/mol. The molecule has 0 atom stereocenters. The Kier molecular flexibility index (Phi) is 4.21. The van der Waals surface area contributed by atoms with E-state index in [4.69, 9.17) is 4.98 Å². The van der Waals surface area contributed by atoms with Crippen LogP contribution < -0.4 is 4.57 Å². The van der Waals surface area contributed by atoms with E-state index >= 15 is 0 Å². The molecule has 3 nitrogen and oxygen atoms in total. The molecule has 3 heteroatoms. The second-order valence-corrected chi connectivity index (χ2v) is 8.21. The number of nitrogens with zero attached hydrogens (tertiary/aromatic N) is 3. The zero-order chi connectivity index (χ0) is 21.0. The normalized spacial score (nSPS) is 11.5. The Balaban J connectivity index is 1.87. The molecule has 0 unspecified atom stereocenters. The summed E-state index contributed by atoms with van der Waals surface area (Å²) >= 11 is 0. The van der Waals surface area contributed by atoms with Crippen LogP contribution >= 0.6 is 0 Å². The zero-order valence-electron chi connectivity index (χ0n) is 18.2. The van der Waals surface area contributed by atoms with Gasteiger partial charge in [0.05, 0.1) is 11.0 Å². The summed E-state index contributed by atoms with van der Waals surface area (Å²) in [6.07, 6.45) is 0. The summed E-state index contributed by atoms with van der Waals surface area (Å²) < 4.78 is 4.61. The number of imidazole rings is 1. The standard InChI is InChI=1S/C27H26N3/c1-17-16-18(2)26(30-19(3)14-15-21-10-6-8-12-23(21)30)20(4)25(17)27-28-22-11-7-9-13-24(22)29(27)5/h6-16H,1-5H3/q+1. The van der Waals surface area contributed by atoms with Gasteiger partial charge >= 0.3 is 0 Å². The van der Waals surface area contributed by atoms with E-state index in [0.29, 0.717) is 0 Å². The zero-order valence-corrected chi connectivity index (χ0v) is 18.2. The van der Waals surface area contributed by atoms with Gasteiger partial charge in [-0.05, 0) is 56.7 Å². The molecule has 2 heterocycles. The lowest BCUT2D eigenvalue weighted by molar-refractivity contribution is -0.575. The molecule has 148 valence electrons. The molecule has 0 bridgehead atoms. The number of hydrogen-bond donors (Lipinski definition) is 0. The van der Waals surface area contributed by atoms with Gasteiger partial charge in [0.25, 0.3) is 0 Å². The van der Waals surface area contributed by atoms with Crippen LogP contribution in [0.3, 0.4) is 0 Å². The number of para-hydroxylation sites is 3. The first-order chi connectivity index (χ1) is 14.5. The maximum Gasteiger partial charge on any atom is 0.218 e. The van der Waals surface area contributed by atoms with Gasteiger partial charge in [0.15, 0.2) is 5.69 Å². The van der Waals surface area contributed by atoms with Crippen LogP contribution in [0.4, 0.5) is 0 Å². The fourth-order valence-corrected chi connectivity index (χ4v) is 4.84. The van der Waals surface area contributed by atoms with Gasteiger partial charge in [0.1, 0.15) is 5.82 Å². The van der Waals surface area contributed by atoms with Crippen molar-refractivity contribution < 1.29 is 4.57 Å². The topological polar surface area (TPSA) is 21.7 Å². The maximum atomic E-state index is 5.01. The molecule has 3 aromatic carbocycles. The third-order valence-corrected chi connectivity index (χ3v) is 6.20. The van der Waals surface area contributed by atoms with Gasteiger partial charge in [-0.1, -0.05) is 24.3 Å². The van der Waals surface area contributed by atoms with Crippen LogP contribution in [0, 0.1) is 27.7 Å². The van der Waals surface area contributed by atoms with Gasteiger partial charge in [0.2, 0.25) is 11.2 Å². The van der Waals surface area contributed by atoms with Gasteiger partial charge in [-0.15, -0.1) is 0 Å². The van der Waals surface area contributed by atoms with Crippen LogP contribution in [0.15, 0.2) is 66.7 Å². The van der Waals surface area contributed by atoms with Crippen LogP contribution in [0.1, 0.15) is 22.4 Å². The molecule has 0 saturated heterocycles. The van der Waals surface area contributed by atoms with Crippen LogP contribution in [0.5, 0.6) is 0 Å². The number of benzene rings is 3. The molecule has 0 aliphatic heterocycles. The van der Waals surface area contributed by atoms with Crippen molar-refractivity contribution >= 4 is 21.9 Å². The fourth-order valence-electron chi connectivity index (χ4n) is 4.84. The number of hydrogen-bond acceptors (Lipinski definition) is 1. The second-order valence-electron chi connectivity index (χ2n) is 8.21. The average molecular weight is 393 g/mol. The number of aromatic nitrogens is 3. The van der Waals surface area contributed by atoms with E-state index in [2.05, 4.69) is 111 Å². The lowest BCUT2D eigenvalue weighted by Gasteiger charge is -2.15. The van der Waals surface area contributed by atoms with E-state index < -0.39 is 0 Å². The molecule has 5 rings (SSSR count). The first kappa shape index (κ1) is 18.6. The van der Waals surface area contributed by atoms with E-state index in [0.717, 1.165) is 16.9 Å². The van der Waals surface area contributed by atoms with Gasteiger partial charge in [-0.2, -0.15) is 4.57 Å². The largest absolute Gasteiger partial charge is 0.327 e. The Morgan fingerprint density at radius 1 is 0.800 bits per heavy atom. The Hall–Kier alpha value is -3.46.